The lowest BCUT2D eigenvalue weighted by molar-refractivity contribution is -0.137. The highest BCUT2D eigenvalue weighted by atomic mass is 16.5. The van der Waals surface area contributed by atoms with Crippen LogP contribution in [0.4, 0.5) is 0 Å². The van der Waals surface area contributed by atoms with Crippen LogP contribution in [-0.4, -0.2) is 18.2 Å². The molecule has 0 aliphatic rings. The maximum Gasteiger partial charge on any atom is 0.303 e. The highest BCUT2D eigenvalue weighted by molar-refractivity contribution is 5.68. The van der Waals surface area contributed by atoms with Crippen LogP contribution in [0.5, 0.6) is 5.75 Å². The Morgan fingerprint density at radius 3 is 2.40 bits per heavy atom. The maximum absolute atomic E-state index is 10.6. The molecule has 15 heavy (non-hydrogen) atoms. The molecule has 0 amide bonds. The molecule has 0 heterocycles. The second kappa shape index (κ2) is 5.39. The van der Waals surface area contributed by atoms with Gasteiger partial charge < -0.3 is 9.84 Å². The second-order valence-corrected chi connectivity index (χ2v) is 3.48. The average molecular weight is 208 g/mol. The van der Waals surface area contributed by atoms with Gasteiger partial charge in [-0.05, 0) is 30.0 Å². The van der Waals surface area contributed by atoms with Gasteiger partial charge in [0.15, 0.2) is 0 Å². The van der Waals surface area contributed by atoms with Crippen molar-refractivity contribution in [3.63, 3.8) is 0 Å². The first-order valence-electron chi connectivity index (χ1n) is 5.03. The molecule has 1 aromatic rings. The minimum atomic E-state index is -0.752. The van der Waals surface area contributed by atoms with Crippen molar-refractivity contribution in [1.82, 2.24) is 0 Å². The number of hydrogen-bond donors (Lipinski definition) is 1. The van der Waals surface area contributed by atoms with Crippen molar-refractivity contribution >= 4 is 5.97 Å². The minimum Gasteiger partial charge on any atom is -0.497 e. The van der Waals surface area contributed by atoms with Crippen LogP contribution in [0.25, 0.3) is 0 Å². The third-order valence-electron chi connectivity index (χ3n) is 2.50. The van der Waals surface area contributed by atoms with Gasteiger partial charge in [-0.2, -0.15) is 0 Å². The summed E-state index contributed by atoms with van der Waals surface area (Å²) in [7, 11) is 1.61. The predicted molar refractivity (Wildman–Crippen MR) is 58.3 cm³/mol. The molecular weight excluding hydrogens is 192 g/mol. The molecular formula is C12H16O3. The minimum absolute atomic E-state index is 0.0911. The van der Waals surface area contributed by atoms with Gasteiger partial charge in [-0.25, -0.2) is 0 Å². The number of carboxylic acid groups (broad SMARTS) is 1. The Morgan fingerprint density at radius 2 is 2.00 bits per heavy atom. The Hall–Kier alpha value is -1.51. The summed E-state index contributed by atoms with van der Waals surface area (Å²) in [6, 6.07) is 7.57. The fourth-order valence-electron chi connectivity index (χ4n) is 1.58. The van der Waals surface area contributed by atoms with Crippen LogP contribution in [0.15, 0.2) is 24.3 Å². The van der Waals surface area contributed by atoms with Gasteiger partial charge in [0.2, 0.25) is 0 Å². The summed E-state index contributed by atoms with van der Waals surface area (Å²) >= 11 is 0. The van der Waals surface area contributed by atoms with Crippen LogP contribution in [0, 0.1) is 0 Å². The van der Waals surface area contributed by atoms with E-state index < -0.39 is 5.97 Å². The van der Waals surface area contributed by atoms with E-state index in [2.05, 4.69) is 0 Å². The lowest BCUT2D eigenvalue weighted by atomic mass is 9.93. The molecule has 1 rings (SSSR count). The molecule has 0 unspecified atom stereocenters. The Labute approximate surface area is 89.7 Å². The lowest BCUT2D eigenvalue weighted by Gasteiger charge is -2.13. The molecule has 1 atom stereocenters. The van der Waals surface area contributed by atoms with E-state index >= 15 is 0 Å². The topological polar surface area (TPSA) is 46.5 Å². The number of hydrogen-bond acceptors (Lipinski definition) is 2. The number of ether oxygens (including phenoxy) is 1. The van der Waals surface area contributed by atoms with Gasteiger partial charge in [-0.3, -0.25) is 4.79 Å². The first kappa shape index (κ1) is 11.6. The largest absolute Gasteiger partial charge is 0.497 e. The molecule has 1 aromatic carbocycles. The van der Waals surface area contributed by atoms with Gasteiger partial charge in [0.1, 0.15) is 5.75 Å². The Morgan fingerprint density at radius 1 is 1.40 bits per heavy atom. The zero-order valence-corrected chi connectivity index (χ0v) is 9.06. The van der Waals surface area contributed by atoms with Crippen molar-refractivity contribution in [1.29, 1.82) is 0 Å². The molecule has 0 bridgehead atoms. The Kier molecular flexibility index (Phi) is 4.16. The van der Waals surface area contributed by atoms with Crippen LogP contribution in [0.2, 0.25) is 0 Å². The highest BCUT2D eigenvalue weighted by Crippen LogP contribution is 2.24. The van der Waals surface area contributed by atoms with Crippen LogP contribution in [0.1, 0.15) is 31.2 Å². The zero-order valence-electron chi connectivity index (χ0n) is 9.06. The Balaban J connectivity index is 2.78. The van der Waals surface area contributed by atoms with E-state index in [4.69, 9.17) is 9.84 Å². The van der Waals surface area contributed by atoms with Crippen LogP contribution < -0.4 is 4.74 Å². The fourth-order valence-corrected chi connectivity index (χ4v) is 1.58. The van der Waals surface area contributed by atoms with Crippen LogP contribution in [0.3, 0.4) is 0 Å². The summed E-state index contributed by atoms with van der Waals surface area (Å²) < 4.78 is 5.05. The standard InChI is InChI=1S/C12H16O3/c1-3-9(8-12(13)14)10-4-6-11(15-2)7-5-10/h4-7,9H,3,8H2,1-2H3,(H,13,14)/t9-/m1/s1. The van der Waals surface area contributed by atoms with Gasteiger partial charge in [0.25, 0.3) is 0 Å². The van der Waals surface area contributed by atoms with E-state index in [1.54, 1.807) is 7.11 Å². The van der Waals surface area contributed by atoms with Gasteiger partial charge in [-0.15, -0.1) is 0 Å². The summed E-state index contributed by atoms with van der Waals surface area (Å²) in [5.41, 5.74) is 1.06. The predicted octanol–water partition coefficient (Wildman–Crippen LogP) is 2.66. The Bertz CT molecular complexity index is 316. The van der Waals surface area contributed by atoms with Crippen molar-refractivity contribution in [2.45, 2.75) is 25.7 Å². The number of carboxylic acids is 1. The SMILES string of the molecule is CC[C@H](CC(=O)O)c1ccc(OC)cc1. The number of aliphatic carboxylic acids is 1. The van der Waals surface area contributed by atoms with Gasteiger partial charge in [0.05, 0.1) is 13.5 Å². The monoisotopic (exact) mass is 208 g/mol. The van der Waals surface area contributed by atoms with Crippen LogP contribution in [-0.2, 0) is 4.79 Å². The van der Waals surface area contributed by atoms with E-state index in [0.717, 1.165) is 17.7 Å². The average Bonchev–Trinajstić information content (AvgIpc) is 2.26. The summed E-state index contributed by atoms with van der Waals surface area (Å²) in [5.74, 6) is 0.134. The molecule has 0 aliphatic carbocycles. The van der Waals surface area contributed by atoms with E-state index in [1.165, 1.54) is 0 Å². The van der Waals surface area contributed by atoms with Gasteiger partial charge in [-0.1, -0.05) is 19.1 Å². The van der Waals surface area contributed by atoms with E-state index in [1.807, 2.05) is 31.2 Å². The molecule has 0 aliphatic heterocycles. The van der Waals surface area contributed by atoms with Crippen molar-refractivity contribution in [2.24, 2.45) is 0 Å². The summed E-state index contributed by atoms with van der Waals surface area (Å²) in [5, 5.41) is 8.75. The molecule has 0 radical (unpaired) electrons. The third-order valence-corrected chi connectivity index (χ3v) is 2.50. The van der Waals surface area contributed by atoms with Crippen molar-refractivity contribution in [3.8, 4) is 5.75 Å². The van der Waals surface area contributed by atoms with Crippen molar-refractivity contribution in [3.05, 3.63) is 29.8 Å². The number of carbonyl (C=O) groups is 1. The molecule has 0 saturated heterocycles. The lowest BCUT2D eigenvalue weighted by Crippen LogP contribution is -2.05. The number of rotatable bonds is 5. The van der Waals surface area contributed by atoms with E-state index in [0.29, 0.717) is 0 Å². The number of benzene rings is 1. The summed E-state index contributed by atoms with van der Waals surface area (Å²) in [6.07, 6.45) is 1.02. The summed E-state index contributed by atoms with van der Waals surface area (Å²) in [4.78, 5) is 10.6. The molecule has 3 heteroatoms. The normalized spacial score (nSPS) is 12.1. The molecule has 0 spiro atoms. The molecule has 0 fully saturated rings. The molecule has 1 N–H and O–H groups in total. The fraction of sp³-hybridized carbons (Fsp3) is 0.417. The molecule has 82 valence electrons. The van der Waals surface area contributed by atoms with Crippen molar-refractivity contribution in [2.75, 3.05) is 7.11 Å². The first-order valence-corrected chi connectivity index (χ1v) is 5.03. The zero-order chi connectivity index (χ0) is 11.3. The smallest absolute Gasteiger partial charge is 0.303 e. The molecule has 0 saturated carbocycles. The quantitative estimate of drug-likeness (QED) is 0.809. The third kappa shape index (κ3) is 3.27. The van der Waals surface area contributed by atoms with E-state index in [9.17, 15) is 4.79 Å². The first-order chi connectivity index (χ1) is 7.17. The van der Waals surface area contributed by atoms with E-state index in [-0.39, 0.29) is 12.3 Å². The molecule has 3 nitrogen and oxygen atoms in total. The molecule has 0 aromatic heterocycles. The van der Waals surface area contributed by atoms with Crippen molar-refractivity contribution < 1.29 is 14.6 Å². The number of methoxy groups -OCH3 is 1. The summed E-state index contributed by atoms with van der Waals surface area (Å²) in [6.45, 7) is 2.00. The second-order valence-electron chi connectivity index (χ2n) is 3.48. The highest BCUT2D eigenvalue weighted by Gasteiger charge is 2.13. The van der Waals surface area contributed by atoms with Gasteiger partial charge >= 0.3 is 5.97 Å². The van der Waals surface area contributed by atoms with Crippen LogP contribution >= 0.6 is 0 Å². The maximum atomic E-state index is 10.6. The van der Waals surface area contributed by atoms with Gasteiger partial charge in [0, 0.05) is 0 Å².